The molecule has 0 aliphatic carbocycles. The Bertz CT molecular complexity index is 779. The van der Waals surface area contributed by atoms with E-state index in [9.17, 15) is 9.59 Å². The number of para-hydroxylation sites is 1. The summed E-state index contributed by atoms with van der Waals surface area (Å²) >= 11 is 0. The summed E-state index contributed by atoms with van der Waals surface area (Å²) in [6.07, 6.45) is 3.22. The fourth-order valence-electron chi connectivity index (χ4n) is 3.19. The number of nitrogens with zero attached hydrogens (tertiary/aromatic N) is 3. The highest BCUT2D eigenvalue weighted by Crippen LogP contribution is 2.18. The average molecular weight is 367 g/mol. The van der Waals surface area contributed by atoms with Crippen LogP contribution in [0.3, 0.4) is 0 Å². The van der Waals surface area contributed by atoms with Crippen molar-refractivity contribution in [1.29, 1.82) is 0 Å². The summed E-state index contributed by atoms with van der Waals surface area (Å²) in [4.78, 5) is 32.8. The van der Waals surface area contributed by atoms with Gasteiger partial charge in [-0.1, -0.05) is 31.2 Å². The molecular weight excluding hydrogens is 342 g/mol. The number of aryl methyl sites for hydroxylation is 1. The topological polar surface area (TPSA) is 62.7 Å². The fourth-order valence-corrected chi connectivity index (χ4v) is 3.19. The summed E-state index contributed by atoms with van der Waals surface area (Å²) in [6.45, 7) is 4.35. The zero-order chi connectivity index (χ0) is 19.1. The molecule has 1 saturated heterocycles. The maximum Gasteiger partial charge on any atom is 0.272 e. The number of aromatic nitrogens is 1. The van der Waals surface area contributed by atoms with Gasteiger partial charge in [-0.05, 0) is 36.6 Å². The smallest absolute Gasteiger partial charge is 0.272 e. The van der Waals surface area contributed by atoms with Crippen molar-refractivity contribution in [2.75, 3.05) is 32.8 Å². The van der Waals surface area contributed by atoms with E-state index in [0.717, 1.165) is 24.2 Å². The van der Waals surface area contributed by atoms with Crippen molar-refractivity contribution < 1.29 is 14.3 Å². The van der Waals surface area contributed by atoms with Gasteiger partial charge >= 0.3 is 0 Å². The SMILES string of the molecule is CCc1ccccc1OCC(=O)N1CCCN(C(=O)c2ccccn2)CC1. The van der Waals surface area contributed by atoms with Gasteiger partial charge in [-0.15, -0.1) is 0 Å². The largest absolute Gasteiger partial charge is 0.483 e. The molecule has 0 saturated carbocycles. The Kier molecular flexibility index (Phi) is 6.41. The van der Waals surface area contributed by atoms with Gasteiger partial charge in [-0.3, -0.25) is 14.6 Å². The normalized spacial score (nSPS) is 14.6. The molecule has 3 rings (SSSR count). The van der Waals surface area contributed by atoms with Crippen LogP contribution in [0.1, 0.15) is 29.4 Å². The van der Waals surface area contributed by atoms with Crippen molar-refractivity contribution in [3.05, 3.63) is 59.9 Å². The van der Waals surface area contributed by atoms with Gasteiger partial charge in [0.1, 0.15) is 11.4 Å². The molecule has 0 radical (unpaired) electrons. The number of carbonyl (C=O) groups is 2. The highest BCUT2D eigenvalue weighted by Gasteiger charge is 2.23. The number of hydrogen-bond acceptors (Lipinski definition) is 4. The number of ether oxygens (including phenoxy) is 1. The maximum absolute atomic E-state index is 12.6. The third-order valence-electron chi connectivity index (χ3n) is 4.72. The number of rotatable bonds is 5. The van der Waals surface area contributed by atoms with E-state index in [1.165, 1.54) is 0 Å². The first kappa shape index (κ1) is 18.9. The lowest BCUT2D eigenvalue weighted by molar-refractivity contribution is -0.133. The molecule has 1 fully saturated rings. The molecule has 0 atom stereocenters. The summed E-state index contributed by atoms with van der Waals surface area (Å²) in [5, 5.41) is 0. The highest BCUT2D eigenvalue weighted by molar-refractivity contribution is 5.92. The Balaban J connectivity index is 1.54. The highest BCUT2D eigenvalue weighted by atomic mass is 16.5. The van der Waals surface area contributed by atoms with Crippen molar-refractivity contribution in [1.82, 2.24) is 14.8 Å². The molecule has 0 unspecified atom stereocenters. The number of amides is 2. The predicted molar refractivity (Wildman–Crippen MR) is 103 cm³/mol. The second kappa shape index (κ2) is 9.16. The Morgan fingerprint density at radius 1 is 1.00 bits per heavy atom. The van der Waals surface area contributed by atoms with Crippen LogP contribution in [0.5, 0.6) is 5.75 Å². The molecule has 1 aromatic heterocycles. The molecule has 1 aliphatic rings. The predicted octanol–water partition coefficient (Wildman–Crippen LogP) is 2.40. The second-order valence-corrected chi connectivity index (χ2v) is 6.49. The van der Waals surface area contributed by atoms with Gasteiger partial charge in [-0.25, -0.2) is 0 Å². The molecule has 2 heterocycles. The summed E-state index contributed by atoms with van der Waals surface area (Å²) in [5.41, 5.74) is 1.53. The molecule has 0 spiro atoms. The number of carbonyl (C=O) groups excluding carboxylic acids is 2. The molecule has 1 aliphatic heterocycles. The first-order valence-corrected chi connectivity index (χ1v) is 9.38. The van der Waals surface area contributed by atoms with Gasteiger partial charge in [0.15, 0.2) is 6.61 Å². The third-order valence-corrected chi connectivity index (χ3v) is 4.72. The average Bonchev–Trinajstić information content (AvgIpc) is 2.98. The van der Waals surface area contributed by atoms with Gasteiger partial charge in [0, 0.05) is 32.4 Å². The number of hydrogen-bond donors (Lipinski definition) is 0. The van der Waals surface area contributed by atoms with E-state index in [1.54, 1.807) is 34.2 Å². The molecule has 6 heteroatoms. The molecule has 6 nitrogen and oxygen atoms in total. The van der Waals surface area contributed by atoms with Gasteiger partial charge in [-0.2, -0.15) is 0 Å². The molecule has 2 amide bonds. The van der Waals surface area contributed by atoms with Crippen molar-refractivity contribution in [2.45, 2.75) is 19.8 Å². The minimum atomic E-state index is -0.0852. The summed E-state index contributed by atoms with van der Waals surface area (Å²) < 4.78 is 5.75. The third kappa shape index (κ3) is 4.84. The number of pyridine rings is 1. The van der Waals surface area contributed by atoms with Crippen LogP contribution < -0.4 is 4.74 Å². The zero-order valence-corrected chi connectivity index (χ0v) is 15.6. The van der Waals surface area contributed by atoms with E-state index in [4.69, 9.17) is 4.74 Å². The van der Waals surface area contributed by atoms with E-state index < -0.39 is 0 Å². The van der Waals surface area contributed by atoms with Crippen LogP contribution >= 0.6 is 0 Å². The quantitative estimate of drug-likeness (QED) is 0.814. The molecule has 2 aromatic rings. The molecule has 0 bridgehead atoms. The lowest BCUT2D eigenvalue weighted by atomic mass is 10.1. The van der Waals surface area contributed by atoms with Crippen molar-refractivity contribution >= 4 is 11.8 Å². The first-order valence-electron chi connectivity index (χ1n) is 9.38. The monoisotopic (exact) mass is 367 g/mol. The van der Waals surface area contributed by atoms with Crippen LogP contribution in [0.15, 0.2) is 48.7 Å². The Morgan fingerprint density at radius 2 is 1.74 bits per heavy atom. The van der Waals surface area contributed by atoms with Crippen LogP contribution in [0, 0.1) is 0 Å². The van der Waals surface area contributed by atoms with Crippen molar-refractivity contribution in [3.8, 4) is 5.75 Å². The zero-order valence-electron chi connectivity index (χ0n) is 15.6. The van der Waals surface area contributed by atoms with Crippen molar-refractivity contribution in [2.24, 2.45) is 0 Å². The van der Waals surface area contributed by atoms with E-state index >= 15 is 0 Å². The lowest BCUT2D eigenvalue weighted by Crippen LogP contribution is -2.39. The first-order chi connectivity index (χ1) is 13.2. The number of benzene rings is 1. The van der Waals surface area contributed by atoms with Gasteiger partial charge in [0.05, 0.1) is 0 Å². The van der Waals surface area contributed by atoms with Crippen LogP contribution in [-0.2, 0) is 11.2 Å². The summed E-state index contributed by atoms with van der Waals surface area (Å²) in [7, 11) is 0. The van der Waals surface area contributed by atoms with Crippen LogP contribution in [0.4, 0.5) is 0 Å². The minimum Gasteiger partial charge on any atom is -0.483 e. The van der Waals surface area contributed by atoms with Crippen LogP contribution in [-0.4, -0.2) is 59.4 Å². The molecule has 142 valence electrons. The molecule has 1 aromatic carbocycles. The Morgan fingerprint density at radius 3 is 2.52 bits per heavy atom. The van der Waals surface area contributed by atoms with Gasteiger partial charge in [0.25, 0.3) is 11.8 Å². The van der Waals surface area contributed by atoms with Gasteiger partial charge in [0.2, 0.25) is 0 Å². The van der Waals surface area contributed by atoms with E-state index in [1.807, 2.05) is 24.3 Å². The van der Waals surface area contributed by atoms with E-state index in [0.29, 0.717) is 31.9 Å². The maximum atomic E-state index is 12.6. The standard InChI is InChI=1S/C21H25N3O3/c1-2-17-8-3-4-10-19(17)27-16-20(25)23-12-7-13-24(15-14-23)21(26)18-9-5-6-11-22-18/h3-6,8-11H,2,7,12-16H2,1H3. The Hall–Kier alpha value is -2.89. The van der Waals surface area contributed by atoms with E-state index in [-0.39, 0.29) is 18.4 Å². The summed E-state index contributed by atoms with van der Waals surface area (Å²) in [5.74, 6) is 0.626. The summed E-state index contributed by atoms with van der Waals surface area (Å²) in [6, 6.07) is 13.1. The van der Waals surface area contributed by atoms with Crippen molar-refractivity contribution in [3.63, 3.8) is 0 Å². The molecular formula is C21H25N3O3. The van der Waals surface area contributed by atoms with Crippen LogP contribution in [0.2, 0.25) is 0 Å². The molecule has 27 heavy (non-hydrogen) atoms. The van der Waals surface area contributed by atoms with E-state index in [2.05, 4.69) is 11.9 Å². The lowest BCUT2D eigenvalue weighted by Gasteiger charge is -2.22. The second-order valence-electron chi connectivity index (χ2n) is 6.49. The van der Waals surface area contributed by atoms with Crippen LogP contribution in [0.25, 0.3) is 0 Å². The van der Waals surface area contributed by atoms with Gasteiger partial charge < -0.3 is 14.5 Å². The fraction of sp³-hybridized carbons (Fsp3) is 0.381. The Labute approximate surface area is 159 Å². The molecule has 0 N–H and O–H groups in total. The minimum absolute atomic E-state index is 0.0190.